The van der Waals surface area contributed by atoms with E-state index >= 15 is 0 Å². The Hall–Kier alpha value is -2.40. The lowest BCUT2D eigenvalue weighted by molar-refractivity contribution is -0.133. The number of hydrogen-bond donors (Lipinski definition) is 1. The lowest BCUT2D eigenvalue weighted by Crippen LogP contribution is -2.12. The maximum absolute atomic E-state index is 12.3. The number of anilines is 1. The number of methoxy groups -OCH3 is 1. The molecule has 112 valence electrons. The Morgan fingerprint density at radius 3 is 2.45 bits per heavy atom. The minimum absolute atomic E-state index is 0.208. The van der Waals surface area contributed by atoms with Crippen LogP contribution in [-0.2, 0) is 9.53 Å². The largest absolute Gasteiger partial charge is 0.465 e. The summed E-state index contributed by atoms with van der Waals surface area (Å²) in [7, 11) is 1.29. The first-order valence-corrected chi connectivity index (χ1v) is 7.25. The number of ether oxygens (including phenoxy) is 1. The molecule has 0 aliphatic rings. The second-order valence-electron chi connectivity index (χ2n) is 4.52. The maximum Gasteiger partial charge on any atom is 0.337 e. The Morgan fingerprint density at radius 2 is 1.77 bits per heavy atom. The monoisotopic (exact) mass is 359 g/mol. The van der Waals surface area contributed by atoms with E-state index in [4.69, 9.17) is 0 Å². The van der Waals surface area contributed by atoms with Gasteiger partial charge in [-0.1, -0.05) is 40.7 Å². The van der Waals surface area contributed by atoms with E-state index in [0.717, 1.165) is 4.47 Å². The molecule has 2 aromatic carbocycles. The molecule has 0 aromatic heterocycles. The van der Waals surface area contributed by atoms with Gasteiger partial charge in [0.15, 0.2) is 0 Å². The molecule has 0 aliphatic carbocycles. The van der Waals surface area contributed by atoms with E-state index < -0.39 is 5.97 Å². The van der Waals surface area contributed by atoms with Gasteiger partial charge in [-0.25, -0.2) is 4.79 Å². The van der Waals surface area contributed by atoms with Crippen molar-refractivity contribution in [2.75, 3.05) is 12.4 Å². The SMILES string of the molecule is C=C(C(=O)OC)c1cccc(C(=O)Nc2cccc(Br)c2)c1. The number of hydrogen-bond acceptors (Lipinski definition) is 3. The summed E-state index contributed by atoms with van der Waals surface area (Å²) in [4.78, 5) is 23.8. The van der Waals surface area contributed by atoms with Gasteiger partial charge in [0.2, 0.25) is 0 Å². The van der Waals surface area contributed by atoms with Crippen molar-refractivity contribution in [1.82, 2.24) is 0 Å². The van der Waals surface area contributed by atoms with E-state index in [1.165, 1.54) is 7.11 Å². The molecule has 5 heteroatoms. The molecular weight excluding hydrogens is 346 g/mol. The van der Waals surface area contributed by atoms with Gasteiger partial charge in [0.1, 0.15) is 0 Å². The Labute approximate surface area is 136 Å². The highest BCUT2D eigenvalue weighted by molar-refractivity contribution is 9.10. The van der Waals surface area contributed by atoms with E-state index in [9.17, 15) is 9.59 Å². The minimum Gasteiger partial charge on any atom is -0.465 e. The summed E-state index contributed by atoms with van der Waals surface area (Å²) in [6, 6.07) is 14.0. The van der Waals surface area contributed by atoms with Crippen molar-refractivity contribution in [3.63, 3.8) is 0 Å². The van der Waals surface area contributed by atoms with E-state index in [1.807, 2.05) is 12.1 Å². The predicted octanol–water partition coefficient (Wildman–Crippen LogP) is 3.89. The third-order valence-electron chi connectivity index (χ3n) is 2.99. The highest BCUT2D eigenvalue weighted by atomic mass is 79.9. The fourth-order valence-corrected chi connectivity index (χ4v) is 2.26. The van der Waals surface area contributed by atoms with Gasteiger partial charge in [-0.2, -0.15) is 0 Å². The fourth-order valence-electron chi connectivity index (χ4n) is 1.86. The van der Waals surface area contributed by atoms with Crippen LogP contribution < -0.4 is 5.32 Å². The standard InChI is InChI=1S/C17H14BrNO3/c1-11(17(21)22-2)12-5-3-6-13(9-12)16(20)19-15-8-4-7-14(18)10-15/h3-10H,1H2,2H3,(H,19,20). The highest BCUT2D eigenvalue weighted by Crippen LogP contribution is 2.19. The van der Waals surface area contributed by atoms with Crippen molar-refractivity contribution in [2.24, 2.45) is 0 Å². The molecule has 2 rings (SSSR count). The molecule has 0 atom stereocenters. The van der Waals surface area contributed by atoms with Crippen molar-refractivity contribution in [3.8, 4) is 0 Å². The molecule has 0 bridgehead atoms. The summed E-state index contributed by atoms with van der Waals surface area (Å²) in [6.07, 6.45) is 0. The first-order valence-electron chi connectivity index (χ1n) is 6.46. The Balaban J connectivity index is 2.20. The van der Waals surface area contributed by atoms with Gasteiger partial charge < -0.3 is 10.1 Å². The molecule has 0 unspecified atom stereocenters. The quantitative estimate of drug-likeness (QED) is 0.665. The summed E-state index contributed by atoms with van der Waals surface area (Å²) in [5, 5.41) is 2.79. The molecule has 2 aromatic rings. The van der Waals surface area contributed by atoms with Gasteiger partial charge in [0.25, 0.3) is 5.91 Å². The van der Waals surface area contributed by atoms with Crippen LogP contribution in [0.2, 0.25) is 0 Å². The summed E-state index contributed by atoms with van der Waals surface area (Å²) >= 11 is 3.35. The average molecular weight is 360 g/mol. The topological polar surface area (TPSA) is 55.4 Å². The molecule has 0 saturated heterocycles. The van der Waals surface area contributed by atoms with E-state index in [0.29, 0.717) is 16.8 Å². The Morgan fingerprint density at radius 1 is 1.09 bits per heavy atom. The molecular formula is C17H14BrNO3. The van der Waals surface area contributed by atoms with Crippen LogP contribution in [0.5, 0.6) is 0 Å². The number of esters is 1. The normalized spacial score (nSPS) is 9.91. The fraction of sp³-hybridized carbons (Fsp3) is 0.0588. The van der Waals surface area contributed by atoms with Crippen LogP contribution in [0.3, 0.4) is 0 Å². The summed E-state index contributed by atoms with van der Waals surface area (Å²) in [6.45, 7) is 3.68. The molecule has 0 saturated carbocycles. The number of rotatable bonds is 4. The number of carbonyl (C=O) groups is 2. The number of halogens is 1. The van der Waals surface area contributed by atoms with Crippen LogP contribution >= 0.6 is 15.9 Å². The maximum atomic E-state index is 12.3. The summed E-state index contributed by atoms with van der Waals surface area (Å²) in [5.41, 5.74) is 1.87. The van der Waals surface area contributed by atoms with Gasteiger partial charge >= 0.3 is 5.97 Å². The summed E-state index contributed by atoms with van der Waals surface area (Å²) < 4.78 is 5.50. The molecule has 0 heterocycles. The van der Waals surface area contributed by atoms with Crippen molar-refractivity contribution < 1.29 is 14.3 Å². The Kier molecular flexibility index (Phi) is 5.12. The first kappa shape index (κ1) is 16.0. The molecule has 0 spiro atoms. The van der Waals surface area contributed by atoms with Crippen LogP contribution in [0, 0.1) is 0 Å². The van der Waals surface area contributed by atoms with Crippen LogP contribution in [0.4, 0.5) is 5.69 Å². The smallest absolute Gasteiger partial charge is 0.337 e. The van der Waals surface area contributed by atoms with Crippen LogP contribution in [0.1, 0.15) is 15.9 Å². The molecule has 0 fully saturated rings. The zero-order chi connectivity index (χ0) is 16.1. The lowest BCUT2D eigenvalue weighted by Gasteiger charge is -2.08. The van der Waals surface area contributed by atoms with Gasteiger partial charge in [-0.15, -0.1) is 0 Å². The highest BCUT2D eigenvalue weighted by Gasteiger charge is 2.12. The van der Waals surface area contributed by atoms with Crippen LogP contribution in [0.25, 0.3) is 5.57 Å². The number of benzene rings is 2. The minimum atomic E-state index is -0.524. The zero-order valence-electron chi connectivity index (χ0n) is 11.9. The van der Waals surface area contributed by atoms with E-state index in [2.05, 4.69) is 32.6 Å². The number of amides is 1. The molecule has 4 nitrogen and oxygen atoms in total. The van der Waals surface area contributed by atoms with Crippen molar-refractivity contribution >= 4 is 39.1 Å². The lowest BCUT2D eigenvalue weighted by atomic mass is 10.0. The molecule has 0 radical (unpaired) electrons. The predicted molar refractivity (Wildman–Crippen MR) is 89.6 cm³/mol. The summed E-state index contributed by atoms with van der Waals surface area (Å²) in [5.74, 6) is -0.790. The number of carbonyl (C=O) groups excluding carboxylic acids is 2. The second kappa shape index (κ2) is 7.04. The molecule has 1 amide bonds. The first-order chi connectivity index (χ1) is 10.5. The van der Waals surface area contributed by atoms with Gasteiger partial charge in [-0.3, -0.25) is 4.79 Å². The average Bonchev–Trinajstić information content (AvgIpc) is 2.53. The zero-order valence-corrected chi connectivity index (χ0v) is 13.5. The van der Waals surface area contributed by atoms with Gasteiger partial charge in [0, 0.05) is 15.7 Å². The Bertz CT molecular complexity index is 740. The van der Waals surface area contributed by atoms with Crippen molar-refractivity contribution in [1.29, 1.82) is 0 Å². The van der Waals surface area contributed by atoms with Crippen LogP contribution in [-0.4, -0.2) is 19.0 Å². The second-order valence-corrected chi connectivity index (χ2v) is 5.43. The van der Waals surface area contributed by atoms with Gasteiger partial charge in [-0.05, 0) is 35.9 Å². The van der Waals surface area contributed by atoms with E-state index in [-0.39, 0.29) is 11.5 Å². The third-order valence-corrected chi connectivity index (χ3v) is 3.48. The number of nitrogens with one attached hydrogen (secondary N) is 1. The van der Waals surface area contributed by atoms with Crippen LogP contribution in [0.15, 0.2) is 59.6 Å². The van der Waals surface area contributed by atoms with Gasteiger partial charge in [0.05, 0.1) is 12.7 Å². The molecule has 1 N–H and O–H groups in total. The molecule has 0 aliphatic heterocycles. The van der Waals surface area contributed by atoms with Crippen molar-refractivity contribution in [2.45, 2.75) is 0 Å². The third kappa shape index (κ3) is 3.83. The van der Waals surface area contributed by atoms with E-state index in [1.54, 1.807) is 36.4 Å². The molecule has 22 heavy (non-hydrogen) atoms. The van der Waals surface area contributed by atoms with Crippen molar-refractivity contribution in [3.05, 3.63) is 70.7 Å².